The molecule has 118 valence electrons. The molecule has 1 aromatic rings. The Morgan fingerprint density at radius 1 is 1.24 bits per heavy atom. The van der Waals surface area contributed by atoms with Gasteiger partial charge in [0.15, 0.2) is 0 Å². The molecule has 0 radical (unpaired) electrons. The van der Waals surface area contributed by atoms with E-state index in [1.807, 2.05) is 0 Å². The maximum Gasteiger partial charge on any atom is 0.416 e. The fourth-order valence-corrected chi connectivity index (χ4v) is 2.93. The minimum absolute atomic E-state index is 0.182. The summed E-state index contributed by atoms with van der Waals surface area (Å²) in [5.74, 6) is -0.211. The first-order chi connectivity index (χ1) is 9.66. The normalized spacial score (nSPS) is 16.0. The van der Waals surface area contributed by atoms with Crippen molar-refractivity contribution in [3.05, 3.63) is 28.8 Å². The largest absolute Gasteiger partial charge is 0.416 e. The molecule has 0 aliphatic heterocycles. The second kappa shape index (κ2) is 6.02. The summed E-state index contributed by atoms with van der Waals surface area (Å²) in [5.41, 5.74) is -1.19. The van der Waals surface area contributed by atoms with E-state index >= 15 is 0 Å². The molecule has 0 aromatic heterocycles. The fourth-order valence-electron chi connectivity index (χ4n) is 1.73. The van der Waals surface area contributed by atoms with Crippen molar-refractivity contribution in [3.8, 4) is 0 Å². The maximum absolute atomic E-state index is 12.6. The summed E-state index contributed by atoms with van der Waals surface area (Å²) in [6.07, 6.45) is -2.54. The van der Waals surface area contributed by atoms with Crippen LogP contribution in [0.4, 0.5) is 18.9 Å². The van der Waals surface area contributed by atoms with Crippen molar-refractivity contribution >= 4 is 27.3 Å². The lowest BCUT2D eigenvalue weighted by Gasteiger charge is -2.12. The number of nitrogens with one attached hydrogen (secondary N) is 2. The first kappa shape index (κ1) is 16.4. The van der Waals surface area contributed by atoms with Crippen molar-refractivity contribution in [1.82, 2.24) is 5.32 Å². The van der Waals surface area contributed by atoms with Gasteiger partial charge in [-0.05, 0) is 31.0 Å². The molecule has 0 atom stereocenters. The van der Waals surface area contributed by atoms with E-state index in [-0.39, 0.29) is 23.0 Å². The van der Waals surface area contributed by atoms with Gasteiger partial charge in [0.2, 0.25) is 10.0 Å². The van der Waals surface area contributed by atoms with E-state index < -0.39 is 21.8 Å². The first-order valence-electron chi connectivity index (χ1n) is 6.27. The topological polar surface area (TPSA) is 58.2 Å². The molecule has 21 heavy (non-hydrogen) atoms. The van der Waals surface area contributed by atoms with Gasteiger partial charge in [-0.2, -0.15) is 13.2 Å². The van der Waals surface area contributed by atoms with Crippen LogP contribution in [0.3, 0.4) is 0 Å². The van der Waals surface area contributed by atoms with E-state index in [0.29, 0.717) is 6.04 Å². The predicted octanol–water partition coefficient (Wildman–Crippen LogP) is 2.85. The lowest BCUT2D eigenvalue weighted by Crippen LogP contribution is -2.28. The molecule has 1 saturated carbocycles. The molecule has 0 heterocycles. The minimum Gasteiger partial charge on any atom is -0.313 e. The van der Waals surface area contributed by atoms with Gasteiger partial charge in [-0.15, -0.1) is 0 Å². The molecule has 2 rings (SSSR count). The van der Waals surface area contributed by atoms with Gasteiger partial charge in [0.1, 0.15) is 0 Å². The van der Waals surface area contributed by atoms with Crippen molar-refractivity contribution in [1.29, 1.82) is 0 Å². The van der Waals surface area contributed by atoms with Gasteiger partial charge in [-0.25, -0.2) is 8.42 Å². The molecule has 0 amide bonds. The Bertz CT molecular complexity index is 615. The third-order valence-electron chi connectivity index (χ3n) is 2.88. The molecule has 1 aliphatic carbocycles. The first-order valence-corrected chi connectivity index (χ1v) is 8.30. The number of benzene rings is 1. The van der Waals surface area contributed by atoms with E-state index in [9.17, 15) is 21.6 Å². The van der Waals surface area contributed by atoms with Gasteiger partial charge >= 0.3 is 6.18 Å². The van der Waals surface area contributed by atoms with Crippen LogP contribution >= 0.6 is 11.6 Å². The second-order valence-corrected chi connectivity index (χ2v) is 7.15. The maximum atomic E-state index is 12.6. The highest BCUT2D eigenvalue weighted by atomic mass is 35.5. The number of halogens is 4. The summed E-state index contributed by atoms with van der Waals surface area (Å²) in [4.78, 5) is 0. The fraction of sp³-hybridized carbons (Fsp3) is 0.500. The summed E-state index contributed by atoms with van der Waals surface area (Å²) < 4.78 is 63.6. The number of hydrogen-bond donors (Lipinski definition) is 2. The number of hydrogen-bond acceptors (Lipinski definition) is 3. The van der Waals surface area contributed by atoms with Crippen molar-refractivity contribution in [3.63, 3.8) is 0 Å². The molecule has 4 nitrogen and oxygen atoms in total. The van der Waals surface area contributed by atoms with E-state index in [4.69, 9.17) is 11.6 Å². The van der Waals surface area contributed by atoms with E-state index in [1.54, 1.807) is 0 Å². The Balaban J connectivity index is 2.05. The second-order valence-electron chi connectivity index (χ2n) is 4.88. The smallest absolute Gasteiger partial charge is 0.313 e. The Hall–Kier alpha value is -0.990. The van der Waals surface area contributed by atoms with Crippen LogP contribution < -0.4 is 10.0 Å². The molecular weight excluding hydrogens is 329 g/mol. The Labute approximate surface area is 125 Å². The monoisotopic (exact) mass is 342 g/mol. The molecule has 1 aliphatic rings. The number of rotatable bonds is 6. The quantitative estimate of drug-likeness (QED) is 0.835. The molecule has 2 N–H and O–H groups in total. The molecule has 0 bridgehead atoms. The van der Waals surface area contributed by atoms with Crippen molar-refractivity contribution in [2.45, 2.75) is 25.1 Å². The van der Waals surface area contributed by atoms with Crippen LogP contribution in [0.5, 0.6) is 0 Å². The van der Waals surface area contributed by atoms with E-state index in [0.717, 1.165) is 31.0 Å². The average Bonchev–Trinajstić information content (AvgIpc) is 3.10. The number of sulfonamides is 1. The Morgan fingerprint density at radius 3 is 2.48 bits per heavy atom. The van der Waals surface area contributed by atoms with Gasteiger partial charge in [-0.3, -0.25) is 4.72 Å². The highest BCUT2D eigenvalue weighted by Gasteiger charge is 2.31. The lowest BCUT2D eigenvalue weighted by molar-refractivity contribution is -0.137. The zero-order chi connectivity index (χ0) is 15.7. The van der Waals surface area contributed by atoms with Crippen LogP contribution in [0.1, 0.15) is 18.4 Å². The molecule has 1 fully saturated rings. The average molecular weight is 343 g/mol. The summed E-state index contributed by atoms with van der Waals surface area (Å²) in [6, 6.07) is 2.97. The van der Waals surface area contributed by atoms with Crippen LogP contribution in [0, 0.1) is 0 Å². The zero-order valence-corrected chi connectivity index (χ0v) is 12.4. The third kappa shape index (κ3) is 5.37. The molecule has 1 aromatic carbocycles. The highest BCUT2D eigenvalue weighted by Crippen LogP contribution is 2.33. The van der Waals surface area contributed by atoms with Gasteiger partial charge in [-0.1, -0.05) is 11.6 Å². The zero-order valence-electron chi connectivity index (χ0n) is 10.9. The summed E-state index contributed by atoms with van der Waals surface area (Å²) in [5, 5.41) is 2.84. The third-order valence-corrected chi connectivity index (χ3v) is 4.39. The van der Waals surface area contributed by atoms with Gasteiger partial charge in [0, 0.05) is 17.6 Å². The SMILES string of the molecule is O=S(=O)(CCNC1CC1)Nc1cc(Cl)cc(C(F)(F)F)c1. The van der Waals surface area contributed by atoms with Crippen LogP contribution in [-0.2, 0) is 16.2 Å². The molecule has 0 saturated heterocycles. The Kier molecular flexibility index (Phi) is 4.69. The molecule has 0 spiro atoms. The van der Waals surface area contributed by atoms with Crippen LogP contribution in [0.25, 0.3) is 0 Å². The van der Waals surface area contributed by atoms with E-state index in [2.05, 4.69) is 10.0 Å². The molecule has 9 heteroatoms. The summed E-state index contributed by atoms with van der Waals surface area (Å²) >= 11 is 5.59. The van der Waals surface area contributed by atoms with Crippen molar-refractivity contribution in [2.75, 3.05) is 17.0 Å². The lowest BCUT2D eigenvalue weighted by atomic mass is 10.2. The number of alkyl halides is 3. The minimum atomic E-state index is -4.58. The van der Waals surface area contributed by atoms with E-state index in [1.165, 1.54) is 0 Å². The van der Waals surface area contributed by atoms with Crippen molar-refractivity contribution < 1.29 is 21.6 Å². The highest BCUT2D eigenvalue weighted by molar-refractivity contribution is 7.92. The van der Waals surface area contributed by atoms with Crippen LogP contribution in [0.15, 0.2) is 18.2 Å². The Morgan fingerprint density at radius 2 is 1.90 bits per heavy atom. The van der Waals surface area contributed by atoms with Gasteiger partial charge in [0.25, 0.3) is 0 Å². The van der Waals surface area contributed by atoms with Crippen molar-refractivity contribution in [2.24, 2.45) is 0 Å². The van der Waals surface area contributed by atoms with Crippen LogP contribution in [0.2, 0.25) is 5.02 Å². The summed E-state index contributed by atoms with van der Waals surface area (Å²) in [7, 11) is -3.72. The predicted molar refractivity (Wildman–Crippen MR) is 74.9 cm³/mol. The van der Waals surface area contributed by atoms with Gasteiger partial charge in [0.05, 0.1) is 17.0 Å². The number of anilines is 1. The standard InChI is InChI=1S/C12H14ClF3N2O2S/c13-9-5-8(12(14,15)16)6-11(7-9)18-21(19,20)4-3-17-10-1-2-10/h5-7,10,17-18H,1-4H2. The van der Waals surface area contributed by atoms with Crippen LogP contribution in [-0.4, -0.2) is 26.8 Å². The molecular formula is C12H14ClF3N2O2S. The molecule has 0 unspecified atom stereocenters. The van der Waals surface area contributed by atoms with Gasteiger partial charge < -0.3 is 5.32 Å². The summed E-state index contributed by atoms with van der Waals surface area (Å²) in [6.45, 7) is 0.257.